The van der Waals surface area contributed by atoms with E-state index in [-0.39, 0.29) is 37.0 Å². The monoisotopic (exact) mass is 857 g/mol. The minimum atomic E-state index is -3.78. The predicted molar refractivity (Wildman–Crippen MR) is 232 cm³/mol. The molecule has 0 unspecified atom stereocenters. The molecule has 4 rings (SSSR count). The molecule has 2 amide bonds. The molecule has 0 aliphatic heterocycles. The predicted octanol–water partition coefficient (Wildman–Crippen LogP) is 5.19. The number of benzene rings is 1. The van der Waals surface area contributed by atoms with Gasteiger partial charge in [0.15, 0.2) is 21.5 Å². The second-order valence-corrected chi connectivity index (χ2v) is 20.6. The molecule has 1 aromatic carbocycles. The lowest BCUT2D eigenvalue weighted by Crippen LogP contribution is -2.61. The van der Waals surface area contributed by atoms with Gasteiger partial charge >= 0.3 is 11.9 Å². The maximum atomic E-state index is 15.1. The number of aromatic nitrogens is 2. The van der Waals surface area contributed by atoms with Crippen molar-refractivity contribution in [1.82, 2.24) is 30.4 Å². The van der Waals surface area contributed by atoms with Crippen LogP contribution < -0.4 is 10.6 Å². The van der Waals surface area contributed by atoms with Gasteiger partial charge in [-0.15, -0.1) is 0 Å². The molecule has 2 aromatic rings. The van der Waals surface area contributed by atoms with E-state index in [0.717, 1.165) is 50.5 Å². The highest BCUT2D eigenvalue weighted by molar-refractivity contribution is 7.92. The van der Waals surface area contributed by atoms with Gasteiger partial charge in [-0.3, -0.25) is 29.0 Å². The number of carbonyl (C=O) groups is 4. The van der Waals surface area contributed by atoms with Crippen molar-refractivity contribution in [2.45, 2.75) is 142 Å². The highest BCUT2D eigenvalue weighted by atomic mass is 32.2. The SMILES string of the molecule is CCN(CC)CC(=O)O[C@H]([C@H](CC1CCCCC1)NC(=O)[C@@](C)(NC(=O)[C@H](Cc1ccccc1)CS(=O)(=O)C(C)(C)C)c1c[nH]cn1)[C@@H](OC(=O)CN(CC)CC)C1CC1. The van der Waals surface area contributed by atoms with Crippen molar-refractivity contribution < 1.29 is 37.1 Å². The molecule has 0 bridgehead atoms. The normalized spacial score (nSPS) is 18.2. The average Bonchev–Trinajstić information content (AvgIpc) is 3.91. The van der Waals surface area contributed by atoms with E-state index in [9.17, 15) is 22.8 Å². The Kier molecular flexibility index (Phi) is 18.2. The number of imidazole rings is 1. The number of aromatic amines is 1. The van der Waals surface area contributed by atoms with E-state index in [0.29, 0.717) is 32.6 Å². The molecule has 3 N–H and O–H groups in total. The van der Waals surface area contributed by atoms with Gasteiger partial charge in [0.05, 0.1) is 47.6 Å². The molecule has 2 fully saturated rings. The summed E-state index contributed by atoms with van der Waals surface area (Å²) in [5.41, 5.74) is -0.815. The summed E-state index contributed by atoms with van der Waals surface area (Å²) in [5, 5.41) is 6.18. The summed E-state index contributed by atoms with van der Waals surface area (Å²) >= 11 is 0. The molecule has 1 heterocycles. The summed E-state index contributed by atoms with van der Waals surface area (Å²) in [6, 6.07) is 8.39. The molecule has 336 valence electrons. The second kappa shape index (κ2) is 22.3. The molecule has 0 radical (unpaired) electrons. The van der Waals surface area contributed by atoms with Crippen LogP contribution in [0.1, 0.15) is 118 Å². The number of ether oxygens (including phenoxy) is 2. The van der Waals surface area contributed by atoms with Gasteiger partial charge in [0, 0.05) is 6.20 Å². The standard InChI is InChI=1S/C45H72N6O8S/c1-9-50(10-2)28-38(52)58-40(34-23-24-34)41(59-39(53)29-51(11-3)12-4)36(26-33-21-17-14-18-22-33)48-43(55)45(8,37-27-46-31-47-37)49-42(54)35(25-32-19-15-13-16-20-32)30-60(56,57)44(5,6)7/h13,15-16,19-20,27,31,33-36,40-41H,9-12,14,17-18,21-26,28-30H2,1-8H3,(H,46,47)(H,48,55)(H,49,54)/t35-,36+,40+,41-,45+/m1/s1. The molecular weight excluding hydrogens is 785 g/mol. The number of nitrogens with one attached hydrogen (secondary N) is 3. The fourth-order valence-electron chi connectivity index (χ4n) is 8.00. The van der Waals surface area contributed by atoms with Crippen LogP contribution in [0.25, 0.3) is 0 Å². The summed E-state index contributed by atoms with van der Waals surface area (Å²) in [6.45, 7) is 17.0. The molecule has 15 heteroatoms. The van der Waals surface area contributed by atoms with Gasteiger partial charge in [0.25, 0.3) is 5.91 Å². The zero-order valence-corrected chi connectivity index (χ0v) is 38.2. The van der Waals surface area contributed by atoms with Crippen molar-refractivity contribution in [3.63, 3.8) is 0 Å². The van der Waals surface area contributed by atoms with Crippen LogP contribution >= 0.6 is 0 Å². The van der Waals surface area contributed by atoms with E-state index in [1.165, 1.54) is 12.5 Å². The van der Waals surface area contributed by atoms with Gasteiger partial charge in [-0.2, -0.15) is 0 Å². The number of rotatable bonds is 24. The summed E-state index contributed by atoms with van der Waals surface area (Å²) in [4.78, 5) is 68.4. The van der Waals surface area contributed by atoms with Gasteiger partial charge in [-0.1, -0.05) is 90.1 Å². The lowest BCUT2D eigenvalue weighted by atomic mass is 9.82. The first-order chi connectivity index (χ1) is 28.4. The number of esters is 2. The van der Waals surface area contributed by atoms with Crippen molar-refractivity contribution in [2.24, 2.45) is 17.8 Å². The number of hydrogen-bond donors (Lipinski definition) is 3. The second-order valence-electron chi connectivity index (χ2n) is 17.8. The first-order valence-electron chi connectivity index (χ1n) is 22.2. The first kappa shape index (κ1) is 48.8. The van der Waals surface area contributed by atoms with Crippen LogP contribution in [0.3, 0.4) is 0 Å². The van der Waals surface area contributed by atoms with E-state index >= 15 is 4.79 Å². The fraction of sp³-hybridized carbons (Fsp3) is 0.711. The number of H-pyrrole nitrogens is 1. The van der Waals surface area contributed by atoms with Crippen molar-refractivity contribution in [3.8, 4) is 0 Å². The smallest absolute Gasteiger partial charge is 0.320 e. The zero-order chi connectivity index (χ0) is 44.1. The van der Waals surface area contributed by atoms with Gasteiger partial charge in [-0.25, -0.2) is 13.4 Å². The lowest BCUT2D eigenvalue weighted by molar-refractivity contribution is -0.175. The molecule has 5 atom stereocenters. The van der Waals surface area contributed by atoms with Crippen LogP contribution in [0.15, 0.2) is 42.9 Å². The van der Waals surface area contributed by atoms with Gasteiger partial charge < -0.3 is 25.1 Å². The van der Waals surface area contributed by atoms with Crippen molar-refractivity contribution in [2.75, 3.05) is 45.0 Å². The van der Waals surface area contributed by atoms with Gasteiger partial charge in [-0.05, 0) is 97.0 Å². The summed E-state index contributed by atoms with van der Waals surface area (Å²) in [5.74, 6) is -3.50. The quantitative estimate of drug-likeness (QED) is 0.118. The van der Waals surface area contributed by atoms with Crippen molar-refractivity contribution >= 4 is 33.6 Å². The third-order valence-corrected chi connectivity index (χ3v) is 15.1. The zero-order valence-electron chi connectivity index (χ0n) is 37.3. The van der Waals surface area contributed by atoms with Crippen LogP contribution in [0.4, 0.5) is 0 Å². The van der Waals surface area contributed by atoms with Gasteiger partial charge in [0.2, 0.25) is 5.91 Å². The molecule has 60 heavy (non-hydrogen) atoms. The molecule has 1 aromatic heterocycles. The largest absolute Gasteiger partial charge is 0.457 e. The van der Waals surface area contributed by atoms with Crippen LogP contribution in [-0.2, 0) is 50.4 Å². The van der Waals surface area contributed by atoms with Crippen LogP contribution in [-0.4, -0.2) is 120 Å². The third-order valence-electron chi connectivity index (χ3n) is 12.4. The summed E-state index contributed by atoms with van der Waals surface area (Å²) < 4.78 is 38.8. The minimum absolute atomic E-state index is 0.0275. The number of hydrogen-bond acceptors (Lipinski definition) is 11. The van der Waals surface area contributed by atoms with Crippen LogP contribution in [0.2, 0.25) is 0 Å². The van der Waals surface area contributed by atoms with E-state index in [2.05, 4.69) is 20.6 Å². The topological polar surface area (TPSA) is 180 Å². The molecule has 2 saturated carbocycles. The maximum Gasteiger partial charge on any atom is 0.320 e. The highest BCUT2D eigenvalue weighted by Crippen LogP contribution is 2.39. The number of nitrogens with zero attached hydrogens (tertiary/aromatic N) is 3. The van der Waals surface area contributed by atoms with E-state index in [4.69, 9.17) is 9.47 Å². The molecule has 0 saturated heterocycles. The van der Waals surface area contributed by atoms with Crippen molar-refractivity contribution in [3.05, 3.63) is 54.1 Å². The number of carbonyl (C=O) groups excluding carboxylic acids is 4. The van der Waals surface area contributed by atoms with E-state index < -0.39 is 73.8 Å². The summed E-state index contributed by atoms with van der Waals surface area (Å²) in [6.07, 6.45) is 8.27. The van der Waals surface area contributed by atoms with Crippen molar-refractivity contribution in [1.29, 1.82) is 0 Å². The molecular formula is C45H72N6O8S. The Balaban J connectivity index is 1.76. The average molecular weight is 857 g/mol. The Bertz CT molecular complexity index is 1770. The van der Waals surface area contributed by atoms with Crippen LogP contribution in [0, 0.1) is 17.8 Å². The van der Waals surface area contributed by atoms with Crippen LogP contribution in [0.5, 0.6) is 0 Å². The highest BCUT2D eigenvalue weighted by Gasteiger charge is 2.49. The minimum Gasteiger partial charge on any atom is -0.457 e. The Labute approximate surface area is 358 Å². The third kappa shape index (κ3) is 13.9. The fourth-order valence-corrected chi connectivity index (χ4v) is 9.30. The maximum absolute atomic E-state index is 15.1. The number of amides is 2. The lowest BCUT2D eigenvalue weighted by Gasteiger charge is -2.39. The Morgan fingerprint density at radius 2 is 1.43 bits per heavy atom. The number of likely N-dealkylation sites (N-methyl/N-ethyl adjacent to an activating group) is 2. The molecule has 2 aliphatic rings. The van der Waals surface area contributed by atoms with Gasteiger partial charge in [0.1, 0.15) is 6.10 Å². The first-order valence-corrected chi connectivity index (χ1v) is 23.8. The Hall–Kier alpha value is -3.82. The molecule has 2 aliphatic carbocycles. The Morgan fingerprint density at radius 1 is 0.850 bits per heavy atom. The molecule has 0 spiro atoms. The number of sulfone groups is 1. The molecule has 14 nitrogen and oxygen atoms in total. The van der Waals surface area contributed by atoms with E-state index in [1.807, 2.05) is 67.8 Å². The Morgan fingerprint density at radius 3 is 1.95 bits per heavy atom. The summed E-state index contributed by atoms with van der Waals surface area (Å²) in [7, 11) is -3.78. The van der Waals surface area contributed by atoms with E-state index in [1.54, 1.807) is 27.7 Å².